The Morgan fingerprint density at radius 3 is 1.67 bits per heavy atom. The lowest BCUT2D eigenvalue weighted by atomic mass is 10.1. The zero-order valence-electron chi connectivity index (χ0n) is 13.8. The number of rotatable bonds is 2. The summed E-state index contributed by atoms with van der Waals surface area (Å²) in [5, 5.41) is 32.3. The lowest BCUT2D eigenvalue weighted by Gasteiger charge is -2.19. The number of carbonyl (C=O) groups excluding carboxylic acids is 2. The molecule has 0 aliphatic rings. The quantitative estimate of drug-likeness (QED) is 0.402. The van der Waals surface area contributed by atoms with Gasteiger partial charge in [0.2, 0.25) is 11.6 Å². The molecule has 8 heteroatoms. The van der Waals surface area contributed by atoms with Crippen LogP contribution in [0.5, 0.6) is 0 Å². The standard InChI is InChI=1S/C7H11N3O2.C7H12N2O.2CH4/c1-7(2,3)9-6(11)5(4-8)10-12;1-7(2,3)9-6(10)4-5-8;;/h12H,1-3H3,(H,9,11);4H2,1-3H3,(H,9,10);2*1H4/b10-5+;;;. The molecule has 0 aromatic rings. The van der Waals surface area contributed by atoms with Crippen molar-refractivity contribution in [3.05, 3.63) is 0 Å². The van der Waals surface area contributed by atoms with E-state index in [4.69, 9.17) is 15.7 Å². The first-order chi connectivity index (χ1) is 9.86. The van der Waals surface area contributed by atoms with Crippen LogP contribution in [0.4, 0.5) is 0 Å². The Labute approximate surface area is 145 Å². The van der Waals surface area contributed by atoms with Gasteiger partial charge in [0, 0.05) is 11.1 Å². The number of hydrogen-bond donors (Lipinski definition) is 3. The van der Waals surface area contributed by atoms with Crippen LogP contribution in [-0.2, 0) is 9.59 Å². The second-order valence-corrected chi connectivity index (χ2v) is 6.40. The molecule has 3 N–H and O–H groups in total. The van der Waals surface area contributed by atoms with Crippen molar-refractivity contribution in [3.8, 4) is 12.1 Å². The third-order valence-electron chi connectivity index (χ3n) is 1.66. The van der Waals surface area contributed by atoms with Gasteiger partial charge in [0.05, 0.1) is 6.07 Å². The number of oxime groups is 1. The summed E-state index contributed by atoms with van der Waals surface area (Å²) in [7, 11) is 0. The van der Waals surface area contributed by atoms with Crippen LogP contribution in [0.15, 0.2) is 5.16 Å². The minimum absolute atomic E-state index is 0. The number of carbonyl (C=O) groups is 2. The van der Waals surface area contributed by atoms with Crippen molar-refractivity contribution < 1.29 is 14.8 Å². The molecule has 8 nitrogen and oxygen atoms in total. The maximum Gasteiger partial charge on any atom is 0.284 e. The minimum atomic E-state index is -0.674. The molecule has 0 aromatic heterocycles. The number of nitrogens with zero attached hydrogens (tertiary/aromatic N) is 3. The van der Waals surface area contributed by atoms with Crippen LogP contribution in [0.1, 0.15) is 62.8 Å². The van der Waals surface area contributed by atoms with Crippen LogP contribution in [0.2, 0.25) is 0 Å². The second kappa shape index (κ2) is 12.9. The van der Waals surface area contributed by atoms with E-state index in [0.717, 1.165) is 0 Å². The normalized spacial score (nSPS) is 10.2. The van der Waals surface area contributed by atoms with E-state index in [1.165, 1.54) is 6.07 Å². The molecule has 0 saturated heterocycles. The van der Waals surface area contributed by atoms with Crippen molar-refractivity contribution in [1.29, 1.82) is 10.5 Å². The number of hydrogen-bond acceptors (Lipinski definition) is 6. The molecule has 0 aliphatic heterocycles. The Morgan fingerprint density at radius 2 is 1.42 bits per heavy atom. The van der Waals surface area contributed by atoms with Gasteiger partial charge in [-0.2, -0.15) is 10.5 Å². The maximum atomic E-state index is 11.0. The zero-order chi connectivity index (χ0) is 18.0. The summed E-state index contributed by atoms with van der Waals surface area (Å²) >= 11 is 0. The van der Waals surface area contributed by atoms with Crippen molar-refractivity contribution in [1.82, 2.24) is 10.6 Å². The molecule has 0 bridgehead atoms. The highest BCUT2D eigenvalue weighted by Crippen LogP contribution is 1.98. The first kappa shape index (κ1) is 29.4. The third-order valence-corrected chi connectivity index (χ3v) is 1.66. The predicted molar refractivity (Wildman–Crippen MR) is 94.3 cm³/mol. The minimum Gasteiger partial charge on any atom is -0.410 e. The summed E-state index contributed by atoms with van der Waals surface area (Å²) in [6, 6.07) is 3.24. The van der Waals surface area contributed by atoms with E-state index in [9.17, 15) is 9.59 Å². The van der Waals surface area contributed by atoms with Crippen molar-refractivity contribution in [3.63, 3.8) is 0 Å². The van der Waals surface area contributed by atoms with Crippen LogP contribution in [0.25, 0.3) is 0 Å². The van der Waals surface area contributed by atoms with Crippen LogP contribution >= 0.6 is 0 Å². The fraction of sp³-hybridized carbons (Fsp3) is 0.688. The lowest BCUT2D eigenvalue weighted by Crippen LogP contribution is -2.43. The molecule has 138 valence electrons. The summed E-state index contributed by atoms with van der Waals surface area (Å²) in [6.45, 7) is 10.9. The van der Waals surface area contributed by atoms with Gasteiger partial charge in [-0.15, -0.1) is 0 Å². The lowest BCUT2D eigenvalue weighted by molar-refractivity contribution is -0.121. The summed E-state index contributed by atoms with van der Waals surface area (Å²) < 4.78 is 0. The van der Waals surface area contributed by atoms with E-state index >= 15 is 0 Å². The maximum absolute atomic E-state index is 11.0. The van der Waals surface area contributed by atoms with Crippen LogP contribution in [0.3, 0.4) is 0 Å². The Kier molecular flexibility index (Phi) is 15.8. The topological polar surface area (TPSA) is 138 Å². The summed E-state index contributed by atoms with van der Waals surface area (Å²) in [5.41, 5.74) is -1.21. The molecule has 0 atom stereocenters. The number of amides is 2. The van der Waals surface area contributed by atoms with E-state index in [0.29, 0.717) is 0 Å². The van der Waals surface area contributed by atoms with Crippen molar-refractivity contribution >= 4 is 17.5 Å². The summed E-state index contributed by atoms with van der Waals surface area (Å²) in [5.74, 6) is -0.887. The molecule has 0 aromatic carbocycles. The zero-order valence-corrected chi connectivity index (χ0v) is 13.8. The van der Waals surface area contributed by atoms with Gasteiger partial charge >= 0.3 is 0 Å². The SMILES string of the molecule is C.C.CC(C)(C)NC(=O)/C(C#N)=N/O.CC(C)(C)NC(=O)CC#N. The molecule has 0 fully saturated rings. The highest BCUT2D eigenvalue weighted by molar-refractivity contribution is 6.45. The van der Waals surface area contributed by atoms with Crippen LogP contribution in [0, 0.1) is 22.7 Å². The predicted octanol–water partition coefficient (Wildman–Crippen LogP) is 2.34. The van der Waals surface area contributed by atoms with Gasteiger partial charge in [0.15, 0.2) is 0 Å². The molecular formula is C16H31N5O3. The molecule has 0 aliphatic carbocycles. The van der Waals surface area contributed by atoms with Crippen LogP contribution < -0.4 is 10.6 Å². The molecule has 24 heavy (non-hydrogen) atoms. The van der Waals surface area contributed by atoms with Gasteiger partial charge in [-0.05, 0) is 41.5 Å². The van der Waals surface area contributed by atoms with Crippen molar-refractivity contribution in [2.24, 2.45) is 5.16 Å². The molecule has 0 rings (SSSR count). The molecule has 0 spiro atoms. The largest absolute Gasteiger partial charge is 0.410 e. The fourth-order valence-electron chi connectivity index (χ4n) is 1.05. The van der Waals surface area contributed by atoms with Gasteiger partial charge in [0.1, 0.15) is 12.5 Å². The number of nitriles is 2. The van der Waals surface area contributed by atoms with Crippen LogP contribution in [-0.4, -0.2) is 33.8 Å². The van der Waals surface area contributed by atoms with Gasteiger partial charge in [0.25, 0.3) is 5.91 Å². The van der Waals surface area contributed by atoms with Crippen molar-refractivity contribution in [2.75, 3.05) is 0 Å². The first-order valence-electron chi connectivity index (χ1n) is 6.49. The summed E-state index contributed by atoms with van der Waals surface area (Å²) in [4.78, 5) is 21.7. The molecule has 0 unspecified atom stereocenters. The van der Waals surface area contributed by atoms with Crippen molar-refractivity contribution in [2.45, 2.75) is 73.9 Å². The molecule has 2 amide bonds. The Morgan fingerprint density at radius 1 is 1.00 bits per heavy atom. The fourth-order valence-corrected chi connectivity index (χ4v) is 1.05. The molecular weight excluding hydrogens is 310 g/mol. The molecule has 0 radical (unpaired) electrons. The van der Waals surface area contributed by atoms with E-state index in [1.54, 1.807) is 26.8 Å². The second-order valence-electron chi connectivity index (χ2n) is 6.40. The average Bonchev–Trinajstić information content (AvgIpc) is 2.26. The monoisotopic (exact) mass is 341 g/mol. The number of nitrogens with one attached hydrogen (secondary N) is 2. The van der Waals surface area contributed by atoms with Gasteiger partial charge in [-0.1, -0.05) is 20.0 Å². The van der Waals surface area contributed by atoms with Gasteiger partial charge in [-0.3, -0.25) is 9.59 Å². The average molecular weight is 341 g/mol. The summed E-state index contributed by atoms with van der Waals surface area (Å²) in [6.07, 6.45) is -0.0583. The highest BCUT2D eigenvalue weighted by atomic mass is 16.4. The van der Waals surface area contributed by atoms with E-state index in [2.05, 4.69) is 15.8 Å². The molecule has 0 heterocycles. The Hall–Kier alpha value is -2.61. The first-order valence-corrected chi connectivity index (χ1v) is 6.49. The highest BCUT2D eigenvalue weighted by Gasteiger charge is 2.18. The smallest absolute Gasteiger partial charge is 0.284 e. The Bertz CT molecular complexity index is 500. The third kappa shape index (κ3) is 19.4. The van der Waals surface area contributed by atoms with E-state index in [-0.39, 0.29) is 32.7 Å². The molecule has 0 saturated carbocycles. The van der Waals surface area contributed by atoms with E-state index in [1.807, 2.05) is 20.8 Å². The van der Waals surface area contributed by atoms with Gasteiger partial charge in [-0.25, -0.2) is 0 Å². The Balaban J connectivity index is -0.000000156. The van der Waals surface area contributed by atoms with E-state index < -0.39 is 17.2 Å². The van der Waals surface area contributed by atoms with Gasteiger partial charge < -0.3 is 15.8 Å².